The molecule has 20 heavy (non-hydrogen) atoms. The zero-order valence-electron chi connectivity index (χ0n) is 11.9. The molecule has 108 valence electrons. The highest BCUT2D eigenvalue weighted by molar-refractivity contribution is 7.80. The van der Waals surface area contributed by atoms with E-state index in [1.807, 2.05) is 13.0 Å². The van der Waals surface area contributed by atoms with Gasteiger partial charge in [-0.25, -0.2) is 9.97 Å². The predicted molar refractivity (Wildman–Crippen MR) is 84.1 cm³/mol. The molecule has 3 rings (SSSR count). The van der Waals surface area contributed by atoms with Gasteiger partial charge < -0.3 is 10.6 Å². The van der Waals surface area contributed by atoms with Crippen LogP contribution in [0, 0.1) is 6.92 Å². The van der Waals surface area contributed by atoms with Crippen molar-refractivity contribution in [3.63, 3.8) is 0 Å². The third-order valence-corrected chi connectivity index (χ3v) is 4.39. The number of hydrogen-bond acceptors (Lipinski definition) is 5. The van der Waals surface area contributed by atoms with Gasteiger partial charge in [0.05, 0.1) is 0 Å². The molecule has 6 heteroatoms. The highest BCUT2D eigenvalue weighted by Gasteiger charge is 2.29. The Morgan fingerprint density at radius 2 is 2.10 bits per heavy atom. The molecule has 0 amide bonds. The average molecular weight is 291 g/mol. The molecule has 0 aromatic carbocycles. The van der Waals surface area contributed by atoms with Gasteiger partial charge >= 0.3 is 0 Å². The van der Waals surface area contributed by atoms with Gasteiger partial charge in [-0.05, 0) is 38.8 Å². The number of hydrogen-bond donors (Lipinski definition) is 1. The zero-order chi connectivity index (χ0) is 14.1. The minimum atomic E-state index is 0.342. The monoisotopic (exact) mass is 291 g/mol. The van der Waals surface area contributed by atoms with Gasteiger partial charge in [-0.15, -0.1) is 0 Å². The molecule has 0 saturated carbocycles. The minimum Gasteiger partial charge on any atom is -0.388 e. The molecule has 0 aliphatic carbocycles. The van der Waals surface area contributed by atoms with Crippen LogP contribution in [0.1, 0.15) is 30.7 Å². The van der Waals surface area contributed by atoms with Crippen LogP contribution in [0.15, 0.2) is 6.07 Å². The van der Waals surface area contributed by atoms with Gasteiger partial charge in [-0.1, -0.05) is 12.2 Å². The Morgan fingerprint density at radius 1 is 1.30 bits per heavy atom. The van der Waals surface area contributed by atoms with Crippen LogP contribution in [-0.2, 0) is 0 Å². The molecule has 0 spiro atoms. The summed E-state index contributed by atoms with van der Waals surface area (Å²) in [7, 11) is 0. The van der Waals surface area contributed by atoms with Gasteiger partial charge in [0.25, 0.3) is 0 Å². The summed E-state index contributed by atoms with van der Waals surface area (Å²) in [4.78, 5) is 14.4. The van der Waals surface area contributed by atoms with Crippen molar-refractivity contribution in [3.8, 4) is 0 Å². The standard InChI is InChI=1S/C14H21N5S/c1-10-8-12(13(15)20)17-14(16-10)19-7-3-6-18-5-2-4-11(18)9-19/h8,11H,2-7,9H2,1H3,(H2,15,20). The minimum absolute atomic E-state index is 0.342. The van der Waals surface area contributed by atoms with Crippen LogP contribution in [0.25, 0.3) is 0 Å². The average Bonchev–Trinajstić information content (AvgIpc) is 2.75. The second-order valence-electron chi connectivity index (χ2n) is 5.69. The van der Waals surface area contributed by atoms with Crippen LogP contribution in [0.3, 0.4) is 0 Å². The van der Waals surface area contributed by atoms with Crippen molar-refractivity contribution in [3.05, 3.63) is 17.5 Å². The molecule has 1 unspecified atom stereocenters. The van der Waals surface area contributed by atoms with Crippen molar-refractivity contribution in [1.29, 1.82) is 0 Å². The number of nitrogens with two attached hydrogens (primary N) is 1. The summed E-state index contributed by atoms with van der Waals surface area (Å²) in [5.74, 6) is 0.779. The lowest BCUT2D eigenvalue weighted by molar-refractivity contribution is 0.273. The summed E-state index contributed by atoms with van der Waals surface area (Å²) in [5.41, 5.74) is 7.31. The maximum Gasteiger partial charge on any atom is 0.226 e. The van der Waals surface area contributed by atoms with Crippen molar-refractivity contribution in [1.82, 2.24) is 14.9 Å². The Morgan fingerprint density at radius 3 is 2.90 bits per heavy atom. The third-order valence-electron chi connectivity index (χ3n) is 4.18. The third kappa shape index (κ3) is 2.76. The summed E-state index contributed by atoms with van der Waals surface area (Å²) in [6.07, 6.45) is 3.76. The Bertz CT molecular complexity index is 518. The molecule has 1 aromatic heterocycles. The highest BCUT2D eigenvalue weighted by Crippen LogP contribution is 2.23. The van der Waals surface area contributed by atoms with Crippen LogP contribution in [0.2, 0.25) is 0 Å². The fourth-order valence-electron chi connectivity index (χ4n) is 3.21. The summed E-state index contributed by atoms with van der Waals surface area (Å²) >= 11 is 5.04. The summed E-state index contributed by atoms with van der Waals surface area (Å²) in [6.45, 7) is 6.42. The topological polar surface area (TPSA) is 58.3 Å². The molecule has 2 aliphatic rings. The fraction of sp³-hybridized carbons (Fsp3) is 0.643. The summed E-state index contributed by atoms with van der Waals surface area (Å²) in [6, 6.07) is 2.50. The first kappa shape index (κ1) is 13.7. The quantitative estimate of drug-likeness (QED) is 0.823. The predicted octanol–water partition coefficient (Wildman–Crippen LogP) is 1.09. The van der Waals surface area contributed by atoms with Gasteiger partial charge in [0.2, 0.25) is 5.95 Å². The second-order valence-corrected chi connectivity index (χ2v) is 6.13. The van der Waals surface area contributed by atoms with Crippen molar-refractivity contribution < 1.29 is 0 Å². The van der Waals surface area contributed by atoms with E-state index in [0.29, 0.717) is 16.7 Å². The lowest BCUT2D eigenvalue weighted by Gasteiger charge is -2.26. The Hall–Kier alpha value is -1.27. The molecule has 2 N–H and O–H groups in total. The zero-order valence-corrected chi connectivity index (χ0v) is 12.7. The van der Waals surface area contributed by atoms with E-state index >= 15 is 0 Å². The molecule has 2 saturated heterocycles. The summed E-state index contributed by atoms with van der Waals surface area (Å²) in [5, 5.41) is 0. The molecule has 2 aliphatic heterocycles. The molecule has 2 fully saturated rings. The van der Waals surface area contributed by atoms with Crippen LogP contribution in [0.4, 0.5) is 5.95 Å². The molecular formula is C14H21N5S. The first-order valence-electron chi connectivity index (χ1n) is 7.28. The number of aromatic nitrogens is 2. The van der Waals surface area contributed by atoms with Crippen molar-refractivity contribution in [2.75, 3.05) is 31.1 Å². The van der Waals surface area contributed by atoms with E-state index in [9.17, 15) is 0 Å². The molecule has 1 aromatic rings. The van der Waals surface area contributed by atoms with E-state index in [4.69, 9.17) is 18.0 Å². The van der Waals surface area contributed by atoms with Crippen LogP contribution in [0.5, 0.6) is 0 Å². The lowest BCUT2D eigenvalue weighted by atomic mass is 10.2. The fourth-order valence-corrected chi connectivity index (χ4v) is 3.31. The Balaban J connectivity index is 1.86. The van der Waals surface area contributed by atoms with Crippen LogP contribution >= 0.6 is 12.2 Å². The SMILES string of the molecule is Cc1cc(C(N)=S)nc(N2CCCN3CCCC3C2)n1. The van der Waals surface area contributed by atoms with E-state index in [2.05, 4.69) is 19.8 Å². The number of fused-ring (bicyclic) bond motifs is 1. The van der Waals surface area contributed by atoms with Gasteiger partial charge in [0.15, 0.2) is 0 Å². The maximum absolute atomic E-state index is 5.71. The van der Waals surface area contributed by atoms with E-state index in [0.717, 1.165) is 31.2 Å². The van der Waals surface area contributed by atoms with E-state index in [1.54, 1.807) is 0 Å². The summed E-state index contributed by atoms with van der Waals surface area (Å²) < 4.78 is 0. The van der Waals surface area contributed by atoms with Crippen LogP contribution in [-0.4, -0.2) is 52.1 Å². The number of rotatable bonds is 2. The van der Waals surface area contributed by atoms with Gasteiger partial charge in [0, 0.05) is 31.4 Å². The van der Waals surface area contributed by atoms with Crippen molar-refractivity contribution in [2.45, 2.75) is 32.2 Å². The molecular weight excluding hydrogens is 270 g/mol. The molecule has 0 bridgehead atoms. The number of anilines is 1. The highest BCUT2D eigenvalue weighted by atomic mass is 32.1. The number of nitrogens with zero attached hydrogens (tertiary/aromatic N) is 4. The first-order chi connectivity index (χ1) is 9.63. The smallest absolute Gasteiger partial charge is 0.226 e. The van der Waals surface area contributed by atoms with Crippen molar-refractivity contribution >= 4 is 23.2 Å². The Kier molecular flexibility index (Phi) is 3.85. The van der Waals surface area contributed by atoms with Crippen molar-refractivity contribution in [2.24, 2.45) is 5.73 Å². The first-order valence-corrected chi connectivity index (χ1v) is 7.69. The van der Waals surface area contributed by atoms with Gasteiger partial charge in [-0.3, -0.25) is 4.90 Å². The largest absolute Gasteiger partial charge is 0.388 e. The molecule has 5 nitrogen and oxygen atoms in total. The molecule has 0 radical (unpaired) electrons. The molecule has 1 atom stereocenters. The lowest BCUT2D eigenvalue weighted by Crippen LogP contribution is -2.37. The Labute approximate surface area is 125 Å². The van der Waals surface area contributed by atoms with E-state index < -0.39 is 0 Å². The second kappa shape index (κ2) is 5.61. The number of thiocarbonyl (C=S) groups is 1. The van der Waals surface area contributed by atoms with E-state index in [1.165, 1.54) is 25.9 Å². The normalized spacial score (nSPS) is 23.4. The van der Waals surface area contributed by atoms with Crippen LogP contribution < -0.4 is 10.6 Å². The maximum atomic E-state index is 5.71. The van der Waals surface area contributed by atoms with Gasteiger partial charge in [-0.2, -0.15) is 0 Å². The molecule has 3 heterocycles. The van der Waals surface area contributed by atoms with Gasteiger partial charge in [0.1, 0.15) is 10.7 Å². The number of aryl methyl sites for hydroxylation is 1. The van der Waals surface area contributed by atoms with E-state index in [-0.39, 0.29) is 0 Å².